The summed E-state index contributed by atoms with van der Waals surface area (Å²) in [6, 6.07) is 7.47. The molecule has 2 aromatic rings. The predicted octanol–water partition coefficient (Wildman–Crippen LogP) is 3.58. The van der Waals surface area contributed by atoms with Crippen LogP contribution < -0.4 is 4.74 Å². The monoisotopic (exact) mass is 248 g/mol. The second kappa shape index (κ2) is 5.15. The van der Waals surface area contributed by atoms with Gasteiger partial charge >= 0.3 is 0 Å². The van der Waals surface area contributed by atoms with Crippen molar-refractivity contribution in [2.24, 2.45) is 0 Å². The lowest BCUT2D eigenvalue weighted by Crippen LogP contribution is -2.07. The summed E-state index contributed by atoms with van der Waals surface area (Å²) in [4.78, 5) is 8.50. The third-order valence-electron chi connectivity index (χ3n) is 2.11. The number of aromatic nitrogens is 2. The van der Waals surface area contributed by atoms with E-state index >= 15 is 0 Å². The average Bonchev–Trinajstić information content (AvgIpc) is 2.29. The van der Waals surface area contributed by atoms with E-state index in [1.165, 1.54) is 0 Å². The van der Waals surface area contributed by atoms with Gasteiger partial charge in [-0.3, -0.25) is 4.98 Å². The van der Waals surface area contributed by atoms with E-state index in [1.807, 2.05) is 38.1 Å². The van der Waals surface area contributed by atoms with Crippen molar-refractivity contribution in [3.8, 4) is 17.1 Å². The minimum absolute atomic E-state index is 0.0877. The standard InChI is InChI=1S/C13H13ClN2O/c1-9(2)17-13-8-15-7-12(16-13)10-3-5-11(14)6-4-10/h3-9H,1-2H3. The zero-order valence-corrected chi connectivity index (χ0v) is 10.5. The predicted molar refractivity (Wildman–Crippen MR) is 68.2 cm³/mol. The maximum absolute atomic E-state index is 5.84. The summed E-state index contributed by atoms with van der Waals surface area (Å²) in [6.07, 6.45) is 3.40. The van der Waals surface area contributed by atoms with Gasteiger partial charge in [-0.2, -0.15) is 0 Å². The number of hydrogen-bond donors (Lipinski definition) is 0. The van der Waals surface area contributed by atoms with E-state index in [1.54, 1.807) is 12.4 Å². The topological polar surface area (TPSA) is 35.0 Å². The molecule has 0 atom stereocenters. The van der Waals surface area contributed by atoms with Gasteiger partial charge in [-0.1, -0.05) is 23.7 Å². The van der Waals surface area contributed by atoms with Gasteiger partial charge in [-0.05, 0) is 26.0 Å². The Balaban J connectivity index is 2.29. The Hall–Kier alpha value is -1.61. The Morgan fingerprint density at radius 3 is 2.47 bits per heavy atom. The van der Waals surface area contributed by atoms with Crippen molar-refractivity contribution in [1.82, 2.24) is 9.97 Å². The summed E-state index contributed by atoms with van der Waals surface area (Å²) in [6.45, 7) is 3.91. The fraction of sp³-hybridized carbons (Fsp3) is 0.231. The van der Waals surface area contributed by atoms with Gasteiger partial charge in [-0.25, -0.2) is 4.98 Å². The first-order chi connectivity index (χ1) is 8.15. The van der Waals surface area contributed by atoms with Gasteiger partial charge < -0.3 is 4.74 Å². The van der Waals surface area contributed by atoms with Gasteiger partial charge in [0, 0.05) is 10.6 Å². The molecule has 0 aliphatic heterocycles. The first kappa shape index (κ1) is 11.9. The molecule has 0 amide bonds. The van der Waals surface area contributed by atoms with E-state index in [2.05, 4.69) is 9.97 Å². The van der Waals surface area contributed by atoms with Gasteiger partial charge in [0.05, 0.1) is 24.2 Å². The van der Waals surface area contributed by atoms with Crippen LogP contribution in [-0.4, -0.2) is 16.1 Å². The van der Waals surface area contributed by atoms with Crippen LogP contribution >= 0.6 is 11.6 Å². The summed E-state index contributed by atoms with van der Waals surface area (Å²) >= 11 is 5.84. The third-order valence-corrected chi connectivity index (χ3v) is 2.36. The number of ether oxygens (including phenoxy) is 1. The second-order valence-corrected chi connectivity index (χ2v) is 4.35. The van der Waals surface area contributed by atoms with Crippen LogP contribution in [0.15, 0.2) is 36.7 Å². The lowest BCUT2D eigenvalue weighted by molar-refractivity contribution is 0.232. The molecule has 1 aromatic carbocycles. The number of rotatable bonds is 3. The SMILES string of the molecule is CC(C)Oc1cncc(-c2ccc(Cl)cc2)n1. The highest BCUT2D eigenvalue weighted by Crippen LogP contribution is 2.20. The molecular weight excluding hydrogens is 236 g/mol. The lowest BCUT2D eigenvalue weighted by Gasteiger charge is -2.09. The van der Waals surface area contributed by atoms with Crippen LogP contribution in [0.1, 0.15) is 13.8 Å². The molecule has 0 aliphatic carbocycles. The van der Waals surface area contributed by atoms with Crippen LogP contribution in [0, 0.1) is 0 Å². The van der Waals surface area contributed by atoms with Gasteiger partial charge in [0.1, 0.15) is 0 Å². The van der Waals surface area contributed by atoms with Crippen LogP contribution in [0.2, 0.25) is 5.02 Å². The Kier molecular flexibility index (Phi) is 3.59. The summed E-state index contributed by atoms with van der Waals surface area (Å²) < 4.78 is 5.50. The van der Waals surface area contributed by atoms with E-state index in [4.69, 9.17) is 16.3 Å². The molecule has 1 heterocycles. The Bertz CT molecular complexity index is 497. The molecule has 2 rings (SSSR count). The van der Waals surface area contributed by atoms with Crippen molar-refractivity contribution < 1.29 is 4.74 Å². The molecule has 0 radical (unpaired) electrons. The number of benzene rings is 1. The maximum atomic E-state index is 5.84. The van der Waals surface area contributed by atoms with E-state index in [0.29, 0.717) is 10.9 Å². The van der Waals surface area contributed by atoms with Crippen molar-refractivity contribution in [2.75, 3.05) is 0 Å². The molecule has 0 saturated carbocycles. The molecule has 0 saturated heterocycles. The summed E-state index contributed by atoms with van der Waals surface area (Å²) in [5.74, 6) is 0.535. The summed E-state index contributed by atoms with van der Waals surface area (Å²) in [5.41, 5.74) is 1.75. The van der Waals surface area contributed by atoms with Crippen LogP contribution in [0.4, 0.5) is 0 Å². The van der Waals surface area contributed by atoms with E-state index < -0.39 is 0 Å². The molecule has 88 valence electrons. The largest absolute Gasteiger partial charge is 0.474 e. The number of halogens is 1. The van der Waals surface area contributed by atoms with Crippen LogP contribution in [0.5, 0.6) is 5.88 Å². The highest BCUT2D eigenvalue weighted by molar-refractivity contribution is 6.30. The zero-order chi connectivity index (χ0) is 12.3. The van der Waals surface area contributed by atoms with Crippen LogP contribution in [0.25, 0.3) is 11.3 Å². The smallest absolute Gasteiger partial charge is 0.233 e. The molecule has 0 bridgehead atoms. The van der Waals surface area contributed by atoms with Gasteiger partial charge in [0.25, 0.3) is 0 Å². The maximum Gasteiger partial charge on any atom is 0.233 e. The number of hydrogen-bond acceptors (Lipinski definition) is 3. The Morgan fingerprint density at radius 1 is 1.12 bits per heavy atom. The molecule has 0 spiro atoms. The minimum Gasteiger partial charge on any atom is -0.474 e. The van der Waals surface area contributed by atoms with Crippen molar-refractivity contribution in [3.63, 3.8) is 0 Å². The molecule has 0 fully saturated rings. The minimum atomic E-state index is 0.0877. The molecular formula is C13H13ClN2O. The second-order valence-electron chi connectivity index (χ2n) is 3.92. The Labute approximate surface area is 105 Å². The molecule has 0 aliphatic rings. The van der Waals surface area contributed by atoms with Crippen LogP contribution in [-0.2, 0) is 0 Å². The summed E-state index contributed by atoms with van der Waals surface area (Å²) in [7, 11) is 0. The highest BCUT2D eigenvalue weighted by Gasteiger charge is 2.04. The van der Waals surface area contributed by atoms with Gasteiger partial charge in [0.2, 0.25) is 5.88 Å². The molecule has 0 unspecified atom stereocenters. The van der Waals surface area contributed by atoms with Crippen LogP contribution in [0.3, 0.4) is 0 Å². The first-order valence-corrected chi connectivity index (χ1v) is 5.77. The van der Waals surface area contributed by atoms with E-state index in [0.717, 1.165) is 11.3 Å². The van der Waals surface area contributed by atoms with Gasteiger partial charge in [0.15, 0.2) is 0 Å². The van der Waals surface area contributed by atoms with Crippen molar-refractivity contribution in [2.45, 2.75) is 20.0 Å². The van der Waals surface area contributed by atoms with E-state index in [9.17, 15) is 0 Å². The Morgan fingerprint density at radius 2 is 1.82 bits per heavy atom. The quantitative estimate of drug-likeness (QED) is 0.833. The fourth-order valence-electron chi connectivity index (χ4n) is 1.41. The van der Waals surface area contributed by atoms with Crippen molar-refractivity contribution >= 4 is 11.6 Å². The van der Waals surface area contributed by atoms with E-state index in [-0.39, 0.29) is 6.10 Å². The third kappa shape index (κ3) is 3.17. The first-order valence-electron chi connectivity index (χ1n) is 5.40. The molecule has 0 N–H and O–H groups in total. The lowest BCUT2D eigenvalue weighted by atomic mass is 10.2. The normalized spacial score (nSPS) is 10.6. The molecule has 17 heavy (non-hydrogen) atoms. The molecule has 3 nitrogen and oxygen atoms in total. The van der Waals surface area contributed by atoms with Crippen molar-refractivity contribution in [1.29, 1.82) is 0 Å². The average molecular weight is 249 g/mol. The highest BCUT2D eigenvalue weighted by atomic mass is 35.5. The number of nitrogens with zero attached hydrogens (tertiary/aromatic N) is 2. The summed E-state index contributed by atoms with van der Waals surface area (Å²) in [5, 5.41) is 0.705. The fourth-order valence-corrected chi connectivity index (χ4v) is 1.53. The molecule has 4 heteroatoms. The van der Waals surface area contributed by atoms with Crippen molar-refractivity contribution in [3.05, 3.63) is 41.7 Å². The zero-order valence-electron chi connectivity index (χ0n) is 9.72. The van der Waals surface area contributed by atoms with Gasteiger partial charge in [-0.15, -0.1) is 0 Å². The molecule has 1 aromatic heterocycles.